The number of unbranched alkanes of at least 4 members (excludes halogenated alkanes) is 2. The average Bonchev–Trinajstić information content (AvgIpc) is 2.64. The van der Waals surface area contributed by atoms with Crippen molar-refractivity contribution in [1.82, 2.24) is 5.32 Å². The highest BCUT2D eigenvalue weighted by Gasteiger charge is 2.19. The number of hydrogen-bond donors (Lipinski definition) is 1. The molecule has 0 amide bonds. The summed E-state index contributed by atoms with van der Waals surface area (Å²) in [6.45, 7) is 10.6. The minimum absolute atomic E-state index is 0.623. The summed E-state index contributed by atoms with van der Waals surface area (Å²) in [6.07, 6.45) is 12.2. The van der Waals surface area contributed by atoms with E-state index >= 15 is 0 Å². The predicted molar refractivity (Wildman–Crippen MR) is 125 cm³/mol. The van der Waals surface area contributed by atoms with Gasteiger partial charge in [0.15, 0.2) is 0 Å². The third-order valence-corrected chi connectivity index (χ3v) is 6.19. The molecule has 0 fully saturated rings. The van der Waals surface area contributed by atoms with Gasteiger partial charge in [-0.3, -0.25) is 0 Å². The van der Waals surface area contributed by atoms with Gasteiger partial charge in [0.2, 0.25) is 0 Å². The van der Waals surface area contributed by atoms with Crippen molar-refractivity contribution in [3.8, 4) is 0 Å². The Morgan fingerprint density at radius 1 is 1.11 bits per heavy atom. The summed E-state index contributed by atoms with van der Waals surface area (Å²) >= 11 is 0. The molecule has 1 nitrogen and oxygen atoms in total. The van der Waals surface area contributed by atoms with Crippen LogP contribution < -0.4 is 5.32 Å². The zero-order valence-electron chi connectivity index (χ0n) is 18.9. The molecule has 1 N–H and O–H groups in total. The van der Waals surface area contributed by atoms with Crippen molar-refractivity contribution in [1.29, 1.82) is 0 Å². The van der Waals surface area contributed by atoms with Crippen LogP contribution in [0.4, 0.5) is 0 Å². The van der Waals surface area contributed by atoms with Crippen LogP contribution in [0.2, 0.25) is 0 Å². The van der Waals surface area contributed by atoms with Gasteiger partial charge >= 0.3 is 0 Å². The molecule has 1 aromatic carbocycles. The second-order valence-corrected chi connectivity index (χ2v) is 8.73. The van der Waals surface area contributed by atoms with Gasteiger partial charge in [0.05, 0.1) is 0 Å². The fourth-order valence-corrected chi connectivity index (χ4v) is 4.30. The van der Waals surface area contributed by atoms with Gasteiger partial charge < -0.3 is 5.32 Å². The molecule has 28 heavy (non-hydrogen) atoms. The fraction of sp³-hybridized carbons (Fsp3) is 0.593. The normalized spacial score (nSPS) is 16.2. The lowest BCUT2D eigenvalue weighted by molar-refractivity contribution is 0.424. The molecule has 1 aromatic rings. The van der Waals surface area contributed by atoms with E-state index in [1.54, 1.807) is 5.57 Å². The van der Waals surface area contributed by atoms with E-state index in [0.29, 0.717) is 5.92 Å². The first-order valence-corrected chi connectivity index (χ1v) is 11.5. The van der Waals surface area contributed by atoms with E-state index in [9.17, 15) is 0 Å². The minimum atomic E-state index is 0.623. The Hall–Kier alpha value is -1.56. The molecule has 0 heterocycles. The zero-order valence-corrected chi connectivity index (χ0v) is 18.9. The number of nitrogens with one attached hydrogen (secondary N) is 1. The van der Waals surface area contributed by atoms with Crippen molar-refractivity contribution in [2.75, 3.05) is 13.6 Å². The van der Waals surface area contributed by atoms with Gasteiger partial charge in [-0.25, -0.2) is 0 Å². The smallest absolute Gasteiger partial charge is 0.00586 e. The van der Waals surface area contributed by atoms with Crippen LogP contribution in [-0.4, -0.2) is 13.6 Å². The molecule has 0 bridgehead atoms. The van der Waals surface area contributed by atoms with Crippen LogP contribution in [-0.2, 0) is 6.42 Å². The molecule has 0 saturated heterocycles. The van der Waals surface area contributed by atoms with E-state index in [1.807, 2.05) is 7.05 Å². The van der Waals surface area contributed by atoms with Crippen LogP contribution in [0.1, 0.15) is 83.8 Å². The van der Waals surface area contributed by atoms with Crippen molar-refractivity contribution in [2.45, 2.75) is 79.1 Å². The quantitative estimate of drug-likeness (QED) is 0.279. The molecule has 0 aliphatic heterocycles. The number of benzene rings is 1. The van der Waals surface area contributed by atoms with Gasteiger partial charge in [0, 0.05) is 12.0 Å². The van der Waals surface area contributed by atoms with Crippen LogP contribution in [0, 0.1) is 11.8 Å². The highest BCUT2D eigenvalue weighted by atomic mass is 14.8. The standard InChI is InChI=1S/C27H41N/c1-6-11-21(2)20-22(3)23(4)27(25-13-10-14-25)26-17-15-24(16-18-26)12-8-7-9-19-28-5/h10,15-18,21-22,28H,6-9,11-13,19-20H2,1-5H3/b27-23+. The Morgan fingerprint density at radius 3 is 2.39 bits per heavy atom. The highest BCUT2D eigenvalue weighted by molar-refractivity contribution is 5.82. The maximum atomic E-state index is 3.45. The first-order chi connectivity index (χ1) is 13.6. The molecule has 0 aromatic heterocycles. The summed E-state index contributed by atoms with van der Waals surface area (Å²) < 4.78 is 0. The van der Waals surface area contributed by atoms with Crippen molar-refractivity contribution in [2.24, 2.45) is 11.8 Å². The molecule has 154 valence electrons. The monoisotopic (exact) mass is 379 g/mol. The van der Waals surface area contributed by atoms with Crippen LogP contribution in [0.3, 0.4) is 0 Å². The van der Waals surface area contributed by atoms with Gasteiger partial charge in [-0.15, -0.1) is 5.73 Å². The highest BCUT2D eigenvalue weighted by Crippen LogP contribution is 2.36. The maximum Gasteiger partial charge on any atom is 0.00586 e. The second-order valence-electron chi connectivity index (χ2n) is 8.73. The van der Waals surface area contributed by atoms with E-state index in [2.05, 4.69) is 69.1 Å². The van der Waals surface area contributed by atoms with E-state index in [1.165, 1.54) is 67.2 Å². The Labute approximate surface area is 174 Å². The molecule has 2 unspecified atom stereocenters. The van der Waals surface area contributed by atoms with Crippen LogP contribution >= 0.6 is 0 Å². The molecule has 0 radical (unpaired) electrons. The molecule has 0 saturated carbocycles. The fourth-order valence-electron chi connectivity index (χ4n) is 4.30. The lowest BCUT2D eigenvalue weighted by Crippen LogP contribution is -2.08. The summed E-state index contributed by atoms with van der Waals surface area (Å²) in [6, 6.07) is 9.37. The van der Waals surface area contributed by atoms with E-state index in [0.717, 1.165) is 18.9 Å². The van der Waals surface area contributed by atoms with E-state index in [4.69, 9.17) is 0 Å². The van der Waals surface area contributed by atoms with Gasteiger partial charge in [-0.05, 0) is 80.8 Å². The second kappa shape index (κ2) is 12.1. The molecule has 2 rings (SSSR count). The minimum Gasteiger partial charge on any atom is -0.320 e. The topological polar surface area (TPSA) is 12.0 Å². The Balaban J connectivity index is 2.09. The van der Waals surface area contributed by atoms with E-state index in [-0.39, 0.29) is 0 Å². The van der Waals surface area contributed by atoms with Gasteiger partial charge in [0.1, 0.15) is 0 Å². The Kier molecular flexibility index (Phi) is 9.82. The van der Waals surface area contributed by atoms with Crippen LogP contribution in [0.5, 0.6) is 0 Å². The Bertz CT molecular complexity index is 685. The van der Waals surface area contributed by atoms with Gasteiger partial charge in [0.25, 0.3) is 0 Å². The SMILES string of the molecule is CCCC(C)CC(C)/C(C)=C(\C1=C=CC1)c1ccc(CCCCCNC)cc1. The first kappa shape index (κ1) is 22.7. The summed E-state index contributed by atoms with van der Waals surface area (Å²) in [4.78, 5) is 0. The third-order valence-electron chi connectivity index (χ3n) is 6.19. The third kappa shape index (κ3) is 6.80. The summed E-state index contributed by atoms with van der Waals surface area (Å²) in [5.74, 6) is 1.42. The van der Waals surface area contributed by atoms with E-state index < -0.39 is 0 Å². The van der Waals surface area contributed by atoms with Crippen LogP contribution in [0.15, 0.2) is 47.2 Å². The molecule has 1 heteroatoms. The summed E-state index contributed by atoms with van der Waals surface area (Å²) in [5, 5.41) is 3.23. The molecule has 2 atom stereocenters. The number of allylic oxidation sites excluding steroid dienone is 3. The van der Waals surface area contributed by atoms with Crippen molar-refractivity contribution in [3.05, 3.63) is 58.3 Å². The maximum absolute atomic E-state index is 3.45. The average molecular weight is 380 g/mol. The molecule has 1 aliphatic rings. The number of aryl methyl sites for hydroxylation is 1. The molecule has 0 spiro atoms. The predicted octanol–water partition coefficient (Wildman–Crippen LogP) is 7.34. The van der Waals surface area contributed by atoms with Gasteiger partial charge in [-0.1, -0.05) is 69.9 Å². The van der Waals surface area contributed by atoms with Crippen molar-refractivity contribution >= 4 is 5.57 Å². The Morgan fingerprint density at radius 2 is 1.82 bits per heavy atom. The van der Waals surface area contributed by atoms with Gasteiger partial charge in [-0.2, -0.15) is 0 Å². The molecular weight excluding hydrogens is 338 g/mol. The summed E-state index contributed by atoms with van der Waals surface area (Å²) in [7, 11) is 2.03. The summed E-state index contributed by atoms with van der Waals surface area (Å²) in [5.41, 5.74) is 10.7. The zero-order chi connectivity index (χ0) is 20.4. The lowest BCUT2D eigenvalue weighted by atomic mass is 9.81. The van der Waals surface area contributed by atoms with Crippen molar-refractivity contribution < 1.29 is 0 Å². The largest absolute Gasteiger partial charge is 0.320 e. The number of hydrogen-bond acceptors (Lipinski definition) is 1. The van der Waals surface area contributed by atoms with Crippen LogP contribution in [0.25, 0.3) is 5.57 Å². The molecule has 1 aliphatic carbocycles. The number of rotatable bonds is 13. The van der Waals surface area contributed by atoms with Crippen molar-refractivity contribution in [3.63, 3.8) is 0 Å². The lowest BCUT2D eigenvalue weighted by Gasteiger charge is -2.23. The molecular formula is C27H41N. The first-order valence-electron chi connectivity index (χ1n) is 11.5.